The van der Waals surface area contributed by atoms with Crippen molar-refractivity contribution in [3.05, 3.63) is 42.2 Å². The van der Waals surface area contributed by atoms with E-state index >= 15 is 0 Å². The highest BCUT2D eigenvalue weighted by Gasteiger charge is 2.18. The molecule has 0 atom stereocenters. The van der Waals surface area contributed by atoms with Gasteiger partial charge in [0.15, 0.2) is 11.4 Å². The van der Waals surface area contributed by atoms with E-state index in [-0.39, 0.29) is 5.91 Å². The number of hydrogen-bond donors (Lipinski definition) is 2. The molecule has 1 aromatic heterocycles. The molecule has 0 fully saturated rings. The van der Waals surface area contributed by atoms with Gasteiger partial charge in [0, 0.05) is 13.1 Å². The minimum Gasteiger partial charge on any atom is -0.490 e. The molecule has 0 saturated heterocycles. The molecule has 0 aliphatic heterocycles. The van der Waals surface area contributed by atoms with Crippen molar-refractivity contribution in [3.63, 3.8) is 0 Å². The Bertz CT molecular complexity index is 610. The monoisotopic (exact) mass is 316 g/mol. The molecule has 0 unspecified atom stereocenters. The fourth-order valence-corrected chi connectivity index (χ4v) is 2.14. The van der Waals surface area contributed by atoms with Gasteiger partial charge in [-0.15, -0.1) is 0 Å². The van der Waals surface area contributed by atoms with Gasteiger partial charge < -0.3 is 15.4 Å². The number of rotatable bonds is 9. The molecule has 0 aliphatic rings. The molecule has 1 heterocycles. The van der Waals surface area contributed by atoms with Crippen molar-refractivity contribution in [3.8, 4) is 11.4 Å². The van der Waals surface area contributed by atoms with Gasteiger partial charge in [0.2, 0.25) is 0 Å². The normalized spacial score (nSPS) is 10.5. The summed E-state index contributed by atoms with van der Waals surface area (Å²) in [4.78, 5) is 12.3. The standard InChI is InChI=1S/C17H24N4O2/c1-3-10-18-11-12-19-17(22)16-15(23-4-2)13-21(20-16)14-8-6-5-7-9-14/h5-9,13,18H,3-4,10-12H2,1-2H3,(H,19,22). The zero-order valence-electron chi connectivity index (χ0n) is 13.7. The van der Waals surface area contributed by atoms with Crippen LogP contribution < -0.4 is 15.4 Å². The largest absolute Gasteiger partial charge is 0.490 e. The number of carbonyl (C=O) groups excluding carboxylic acids is 1. The number of nitrogens with one attached hydrogen (secondary N) is 2. The third-order valence-corrected chi connectivity index (χ3v) is 3.23. The Hall–Kier alpha value is -2.34. The van der Waals surface area contributed by atoms with Crippen molar-refractivity contribution >= 4 is 5.91 Å². The van der Waals surface area contributed by atoms with Gasteiger partial charge in [-0.1, -0.05) is 25.1 Å². The van der Waals surface area contributed by atoms with Crippen molar-refractivity contribution < 1.29 is 9.53 Å². The van der Waals surface area contributed by atoms with Crippen LogP contribution in [0, 0.1) is 0 Å². The third-order valence-electron chi connectivity index (χ3n) is 3.23. The van der Waals surface area contributed by atoms with Crippen LogP contribution in [-0.2, 0) is 0 Å². The predicted molar refractivity (Wildman–Crippen MR) is 90.2 cm³/mol. The number of ether oxygens (including phenoxy) is 1. The van der Waals surface area contributed by atoms with Crippen LogP contribution in [0.3, 0.4) is 0 Å². The van der Waals surface area contributed by atoms with Crippen molar-refractivity contribution in [1.29, 1.82) is 0 Å². The molecule has 1 aromatic carbocycles. The maximum atomic E-state index is 12.3. The first-order valence-corrected chi connectivity index (χ1v) is 8.03. The van der Waals surface area contributed by atoms with Crippen molar-refractivity contribution in [2.24, 2.45) is 0 Å². The van der Waals surface area contributed by atoms with Crippen molar-refractivity contribution in [2.75, 3.05) is 26.2 Å². The molecule has 6 nitrogen and oxygen atoms in total. The first-order chi connectivity index (χ1) is 11.3. The van der Waals surface area contributed by atoms with E-state index in [1.54, 1.807) is 10.9 Å². The second-order valence-electron chi connectivity index (χ2n) is 5.06. The lowest BCUT2D eigenvalue weighted by Gasteiger charge is -2.06. The average molecular weight is 316 g/mol. The number of para-hydroxylation sites is 1. The molecule has 6 heteroatoms. The van der Waals surface area contributed by atoms with Crippen LogP contribution in [0.2, 0.25) is 0 Å². The summed E-state index contributed by atoms with van der Waals surface area (Å²) < 4.78 is 7.21. The van der Waals surface area contributed by atoms with Gasteiger partial charge in [0.1, 0.15) is 0 Å². The molecule has 2 aromatic rings. The van der Waals surface area contributed by atoms with E-state index in [0.29, 0.717) is 24.6 Å². The SMILES string of the molecule is CCCNCCNC(=O)c1nn(-c2ccccc2)cc1OCC. The van der Waals surface area contributed by atoms with E-state index in [0.717, 1.165) is 25.2 Å². The lowest BCUT2D eigenvalue weighted by atomic mass is 10.3. The van der Waals surface area contributed by atoms with Crippen LogP contribution in [0.4, 0.5) is 0 Å². The van der Waals surface area contributed by atoms with E-state index in [1.165, 1.54) is 0 Å². The van der Waals surface area contributed by atoms with Crippen LogP contribution in [0.25, 0.3) is 5.69 Å². The Kier molecular flexibility index (Phi) is 6.62. The minimum atomic E-state index is -0.221. The third kappa shape index (κ3) is 4.82. The van der Waals surface area contributed by atoms with Gasteiger partial charge in [-0.25, -0.2) is 4.68 Å². The number of nitrogens with zero attached hydrogens (tertiary/aromatic N) is 2. The van der Waals surface area contributed by atoms with Gasteiger partial charge in [0.25, 0.3) is 5.91 Å². The van der Waals surface area contributed by atoms with Crippen LogP contribution in [0.15, 0.2) is 36.5 Å². The fourth-order valence-electron chi connectivity index (χ4n) is 2.14. The number of benzene rings is 1. The first-order valence-electron chi connectivity index (χ1n) is 8.03. The predicted octanol–water partition coefficient (Wildman–Crippen LogP) is 2.00. The molecular weight excluding hydrogens is 292 g/mol. The van der Waals surface area contributed by atoms with Crippen LogP contribution in [-0.4, -0.2) is 41.9 Å². The van der Waals surface area contributed by atoms with Gasteiger partial charge in [0.05, 0.1) is 18.5 Å². The zero-order chi connectivity index (χ0) is 16.5. The lowest BCUT2D eigenvalue weighted by Crippen LogP contribution is -2.32. The molecule has 0 radical (unpaired) electrons. The molecule has 0 bridgehead atoms. The quantitative estimate of drug-likeness (QED) is 0.694. The fraction of sp³-hybridized carbons (Fsp3) is 0.412. The lowest BCUT2D eigenvalue weighted by molar-refractivity contribution is 0.0945. The topological polar surface area (TPSA) is 68.2 Å². The van der Waals surface area contributed by atoms with E-state index < -0.39 is 0 Å². The Morgan fingerprint density at radius 3 is 2.65 bits per heavy atom. The Morgan fingerprint density at radius 1 is 1.17 bits per heavy atom. The highest BCUT2D eigenvalue weighted by molar-refractivity contribution is 5.94. The molecule has 0 saturated carbocycles. The van der Waals surface area contributed by atoms with Crippen LogP contribution in [0.5, 0.6) is 5.75 Å². The van der Waals surface area contributed by atoms with Gasteiger partial charge in [-0.05, 0) is 32.0 Å². The average Bonchev–Trinajstić information content (AvgIpc) is 3.00. The van der Waals surface area contributed by atoms with Gasteiger partial charge in [-0.3, -0.25) is 4.79 Å². The zero-order valence-corrected chi connectivity index (χ0v) is 13.7. The summed E-state index contributed by atoms with van der Waals surface area (Å²) in [6, 6.07) is 9.65. The van der Waals surface area contributed by atoms with Crippen LogP contribution >= 0.6 is 0 Å². The molecule has 2 N–H and O–H groups in total. The smallest absolute Gasteiger partial charge is 0.275 e. The first kappa shape index (κ1) is 17.0. The van der Waals surface area contributed by atoms with E-state index in [1.807, 2.05) is 37.3 Å². The van der Waals surface area contributed by atoms with E-state index in [9.17, 15) is 4.79 Å². The highest BCUT2D eigenvalue weighted by atomic mass is 16.5. The van der Waals surface area contributed by atoms with Gasteiger partial charge in [-0.2, -0.15) is 5.10 Å². The summed E-state index contributed by atoms with van der Waals surface area (Å²) >= 11 is 0. The maximum absolute atomic E-state index is 12.3. The summed E-state index contributed by atoms with van der Waals surface area (Å²) in [6.07, 6.45) is 2.81. The summed E-state index contributed by atoms with van der Waals surface area (Å²) in [5, 5.41) is 10.5. The Morgan fingerprint density at radius 2 is 1.96 bits per heavy atom. The number of carbonyl (C=O) groups is 1. The molecule has 23 heavy (non-hydrogen) atoms. The molecule has 124 valence electrons. The van der Waals surface area contributed by atoms with Gasteiger partial charge >= 0.3 is 0 Å². The Balaban J connectivity index is 2.07. The number of aromatic nitrogens is 2. The molecule has 1 amide bonds. The van der Waals surface area contributed by atoms with E-state index in [4.69, 9.17) is 4.74 Å². The number of hydrogen-bond acceptors (Lipinski definition) is 4. The summed E-state index contributed by atoms with van der Waals surface area (Å²) in [5.74, 6) is 0.275. The molecular formula is C17H24N4O2. The van der Waals surface area contributed by atoms with Crippen LogP contribution in [0.1, 0.15) is 30.8 Å². The maximum Gasteiger partial charge on any atom is 0.275 e. The van der Waals surface area contributed by atoms with Crippen molar-refractivity contribution in [1.82, 2.24) is 20.4 Å². The minimum absolute atomic E-state index is 0.221. The second-order valence-corrected chi connectivity index (χ2v) is 5.06. The second kappa shape index (κ2) is 8.95. The highest BCUT2D eigenvalue weighted by Crippen LogP contribution is 2.19. The molecule has 0 spiro atoms. The summed E-state index contributed by atoms with van der Waals surface area (Å²) in [6.45, 7) is 6.72. The van der Waals surface area contributed by atoms with E-state index in [2.05, 4.69) is 22.7 Å². The Labute approximate surface area is 136 Å². The molecule has 2 rings (SSSR count). The van der Waals surface area contributed by atoms with Crippen molar-refractivity contribution in [2.45, 2.75) is 20.3 Å². The summed E-state index contributed by atoms with van der Waals surface area (Å²) in [7, 11) is 0. The number of amides is 1. The summed E-state index contributed by atoms with van der Waals surface area (Å²) in [5.41, 5.74) is 1.20. The molecule has 0 aliphatic carbocycles.